The van der Waals surface area contributed by atoms with E-state index in [0.717, 1.165) is 30.3 Å². The van der Waals surface area contributed by atoms with Crippen molar-refractivity contribution in [2.24, 2.45) is 12.0 Å². The third-order valence-corrected chi connectivity index (χ3v) is 5.08. The molecule has 3 rings (SSSR count). The summed E-state index contributed by atoms with van der Waals surface area (Å²) in [6.45, 7) is 5.53. The highest BCUT2D eigenvalue weighted by Gasteiger charge is 2.31. The van der Waals surface area contributed by atoms with Gasteiger partial charge in [0.1, 0.15) is 0 Å². The Labute approximate surface area is 183 Å². The summed E-state index contributed by atoms with van der Waals surface area (Å²) in [4.78, 5) is 18.5. The van der Waals surface area contributed by atoms with Crippen LogP contribution in [0, 0.1) is 13.8 Å². The van der Waals surface area contributed by atoms with Crippen molar-refractivity contribution >= 4 is 41.5 Å². The van der Waals surface area contributed by atoms with Crippen LogP contribution >= 0.6 is 24.0 Å². The molecule has 2 aromatic rings. The number of anilines is 1. The van der Waals surface area contributed by atoms with Crippen molar-refractivity contribution in [1.29, 1.82) is 0 Å². The number of nitrogens with one attached hydrogen (secondary N) is 2. The second-order valence-electron chi connectivity index (χ2n) is 6.91. The molecule has 7 nitrogen and oxygen atoms in total. The SMILES string of the molecule is CN=C(NCCc1c(C)nn(C)c1C)NC1CC(=O)N(c2ccccc2)C1.I. The van der Waals surface area contributed by atoms with Gasteiger partial charge in [-0.15, -0.1) is 24.0 Å². The summed E-state index contributed by atoms with van der Waals surface area (Å²) < 4.78 is 1.92. The summed E-state index contributed by atoms with van der Waals surface area (Å²) in [6.07, 6.45) is 1.35. The third kappa shape index (κ3) is 5.03. The molecular weight excluding hydrogens is 467 g/mol. The van der Waals surface area contributed by atoms with E-state index in [0.29, 0.717) is 13.0 Å². The minimum absolute atomic E-state index is 0. The van der Waals surface area contributed by atoms with E-state index in [9.17, 15) is 4.79 Å². The second kappa shape index (κ2) is 9.90. The van der Waals surface area contributed by atoms with E-state index >= 15 is 0 Å². The average molecular weight is 496 g/mol. The summed E-state index contributed by atoms with van der Waals surface area (Å²) in [5.74, 6) is 0.859. The van der Waals surface area contributed by atoms with Gasteiger partial charge in [0.2, 0.25) is 5.91 Å². The maximum Gasteiger partial charge on any atom is 0.229 e. The molecule has 2 N–H and O–H groups in total. The molecule has 1 aromatic heterocycles. The van der Waals surface area contributed by atoms with Gasteiger partial charge in [-0.25, -0.2) is 0 Å². The van der Waals surface area contributed by atoms with E-state index in [2.05, 4.69) is 27.6 Å². The van der Waals surface area contributed by atoms with Crippen molar-refractivity contribution in [3.8, 4) is 0 Å². The van der Waals surface area contributed by atoms with Crippen molar-refractivity contribution in [2.75, 3.05) is 25.0 Å². The molecule has 1 atom stereocenters. The molecular formula is C20H29IN6O. The fourth-order valence-corrected chi connectivity index (χ4v) is 3.53. The number of amides is 1. The molecule has 0 saturated carbocycles. The van der Waals surface area contributed by atoms with Gasteiger partial charge in [0.25, 0.3) is 0 Å². The van der Waals surface area contributed by atoms with Crippen LogP contribution in [-0.4, -0.2) is 47.8 Å². The standard InChI is InChI=1S/C20H28N6O.HI/c1-14-18(15(2)25(4)24-14)10-11-22-20(21-3)23-16-12-19(27)26(13-16)17-8-6-5-7-9-17;/h5-9,16H,10-13H2,1-4H3,(H2,21,22,23);1H. The number of rotatable bonds is 5. The van der Waals surface area contributed by atoms with Crippen molar-refractivity contribution in [3.63, 3.8) is 0 Å². The van der Waals surface area contributed by atoms with Crippen LogP contribution < -0.4 is 15.5 Å². The number of guanidine groups is 1. The normalized spacial score (nSPS) is 16.9. The molecule has 28 heavy (non-hydrogen) atoms. The number of hydrogen-bond donors (Lipinski definition) is 2. The summed E-state index contributed by atoms with van der Waals surface area (Å²) in [7, 11) is 3.72. The minimum atomic E-state index is 0. The number of halogens is 1. The van der Waals surface area contributed by atoms with Crippen LogP contribution in [0.1, 0.15) is 23.4 Å². The van der Waals surface area contributed by atoms with Crippen LogP contribution in [0.3, 0.4) is 0 Å². The molecule has 152 valence electrons. The number of aliphatic imine (C=N–C) groups is 1. The number of hydrogen-bond acceptors (Lipinski definition) is 3. The third-order valence-electron chi connectivity index (χ3n) is 5.08. The highest BCUT2D eigenvalue weighted by molar-refractivity contribution is 14.0. The Morgan fingerprint density at radius 3 is 2.61 bits per heavy atom. The lowest BCUT2D eigenvalue weighted by Crippen LogP contribution is -2.45. The van der Waals surface area contributed by atoms with E-state index in [4.69, 9.17) is 0 Å². The molecule has 1 unspecified atom stereocenters. The number of nitrogens with zero attached hydrogens (tertiary/aromatic N) is 4. The topological polar surface area (TPSA) is 74.5 Å². The van der Waals surface area contributed by atoms with Gasteiger partial charge in [-0.1, -0.05) is 18.2 Å². The Hall–Kier alpha value is -2.10. The van der Waals surface area contributed by atoms with Gasteiger partial charge in [-0.3, -0.25) is 14.5 Å². The summed E-state index contributed by atoms with van der Waals surface area (Å²) in [5.41, 5.74) is 4.47. The van der Waals surface area contributed by atoms with Crippen LogP contribution in [0.25, 0.3) is 0 Å². The van der Waals surface area contributed by atoms with Crippen molar-refractivity contribution < 1.29 is 4.79 Å². The quantitative estimate of drug-likeness (QED) is 0.378. The number of aromatic nitrogens is 2. The van der Waals surface area contributed by atoms with Crippen LogP contribution in [0.2, 0.25) is 0 Å². The number of carbonyl (C=O) groups excluding carboxylic acids is 1. The maximum absolute atomic E-state index is 12.3. The molecule has 0 spiro atoms. The molecule has 1 aliphatic heterocycles. The molecule has 0 aliphatic carbocycles. The number of para-hydroxylation sites is 1. The fourth-order valence-electron chi connectivity index (χ4n) is 3.53. The molecule has 1 amide bonds. The molecule has 2 heterocycles. The lowest BCUT2D eigenvalue weighted by atomic mass is 10.1. The predicted molar refractivity (Wildman–Crippen MR) is 123 cm³/mol. The van der Waals surface area contributed by atoms with E-state index in [1.165, 1.54) is 11.3 Å². The maximum atomic E-state index is 12.3. The zero-order valence-electron chi connectivity index (χ0n) is 16.9. The van der Waals surface area contributed by atoms with Gasteiger partial charge in [0, 0.05) is 45.0 Å². The lowest BCUT2D eigenvalue weighted by molar-refractivity contribution is -0.117. The molecule has 1 saturated heterocycles. The number of aryl methyl sites for hydroxylation is 2. The Kier molecular flexibility index (Phi) is 7.85. The smallest absolute Gasteiger partial charge is 0.229 e. The lowest BCUT2D eigenvalue weighted by Gasteiger charge is -2.19. The summed E-state index contributed by atoms with van der Waals surface area (Å²) in [6, 6.07) is 9.83. The van der Waals surface area contributed by atoms with Crippen LogP contribution in [-0.2, 0) is 18.3 Å². The molecule has 1 fully saturated rings. The van der Waals surface area contributed by atoms with Gasteiger partial charge in [0.05, 0.1) is 11.7 Å². The van der Waals surface area contributed by atoms with Gasteiger partial charge in [-0.05, 0) is 38.0 Å². The Balaban J connectivity index is 0.00000280. The first-order valence-corrected chi connectivity index (χ1v) is 9.31. The highest BCUT2D eigenvalue weighted by Crippen LogP contribution is 2.21. The Morgan fingerprint density at radius 1 is 1.29 bits per heavy atom. The average Bonchev–Trinajstić information content (AvgIpc) is 3.15. The summed E-state index contributed by atoms with van der Waals surface area (Å²) >= 11 is 0. The van der Waals surface area contributed by atoms with Crippen molar-refractivity contribution in [2.45, 2.75) is 32.7 Å². The zero-order chi connectivity index (χ0) is 19.4. The predicted octanol–water partition coefficient (Wildman–Crippen LogP) is 2.17. The van der Waals surface area contributed by atoms with Crippen LogP contribution in [0.5, 0.6) is 0 Å². The fraction of sp³-hybridized carbons (Fsp3) is 0.450. The van der Waals surface area contributed by atoms with Gasteiger partial charge in [0.15, 0.2) is 5.96 Å². The number of benzene rings is 1. The molecule has 1 aromatic carbocycles. The van der Waals surface area contributed by atoms with Gasteiger partial charge >= 0.3 is 0 Å². The van der Waals surface area contributed by atoms with Gasteiger partial charge in [-0.2, -0.15) is 5.10 Å². The van der Waals surface area contributed by atoms with E-state index < -0.39 is 0 Å². The van der Waals surface area contributed by atoms with Crippen molar-refractivity contribution in [1.82, 2.24) is 20.4 Å². The Bertz CT molecular complexity index is 833. The van der Waals surface area contributed by atoms with E-state index in [-0.39, 0.29) is 35.9 Å². The summed E-state index contributed by atoms with van der Waals surface area (Å²) in [5, 5.41) is 11.2. The Morgan fingerprint density at radius 2 is 2.00 bits per heavy atom. The number of carbonyl (C=O) groups is 1. The first-order valence-electron chi connectivity index (χ1n) is 9.31. The van der Waals surface area contributed by atoms with Crippen LogP contribution in [0.4, 0.5) is 5.69 Å². The molecule has 0 radical (unpaired) electrons. The molecule has 1 aliphatic rings. The van der Waals surface area contributed by atoms with Crippen LogP contribution in [0.15, 0.2) is 35.3 Å². The second-order valence-corrected chi connectivity index (χ2v) is 6.91. The van der Waals surface area contributed by atoms with Gasteiger partial charge < -0.3 is 15.5 Å². The molecule has 8 heteroatoms. The largest absolute Gasteiger partial charge is 0.356 e. The zero-order valence-corrected chi connectivity index (χ0v) is 19.2. The molecule has 0 bridgehead atoms. The van der Waals surface area contributed by atoms with E-state index in [1.807, 2.05) is 53.9 Å². The van der Waals surface area contributed by atoms with E-state index in [1.54, 1.807) is 7.05 Å². The minimum Gasteiger partial charge on any atom is -0.356 e. The highest BCUT2D eigenvalue weighted by atomic mass is 127. The first-order chi connectivity index (χ1) is 13.0. The monoisotopic (exact) mass is 496 g/mol. The first kappa shape index (κ1) is 22.2. The van der Waals surface area contributed by atoms with Crippen molar-refractivity contribution in [3.05, 3.63) is 47.3 Å².